The lowest BCUT2D eigenvalue weighted by molar-refractivity contribution is -0.121. The van der Waals surface area contributed by atoms with Crippen molar-refractivity contribution < 1.29 is 9.90 Å². The van der Waals surface area contributed by atoms with E-state index in [1.807, 2.05) is 6.07 Å². The largest absolute Gasteiger partial charge is 0.391 e. The number of nitrogens with one attached hydrogen (secondary N) is 1. The van der Waals surface area contributed by atoms with Crippen LogP contribution in [0.15, 0.2) is 24.3 Å². The number of amides is 1. The number of halogens is 1. The lowest BCUT2D eigenvalue weighted by atomic mass is 10.1. The molecule has 1 aromatic rings. The number of aliphatic hydroxyl groups is 1. The molecule has 1 saturated heterocycles. The molecule has 1 heterocycles. The van der Waals surface area contributed by atoms with Crippen LogP contribution in [0.4, 0.5) is 5.69 Å². The zero-order valence-corrected chi connectivity index (χ0v) is 10.3. The van der Waals surface area contributed by atoms with E-state index in [1.54, 1.807) is 25.2 Å². The van der Waals surface area contributed by atoms with Crippen LogP contribution in [0.1, 0.15) is 6.42 Å². The summed E-state index contributed by atoms with van der Waals surface area (Å²) in [7, 11) is 1.68. The van der Waals surface area contributed by atoms with Crippen LogP contribution in [-0.2, 0) is 4.79 Å². The normalized spacial score (nSPS) is 23.7. The molecule has 1 fully saturated rings. The third-order valence-electron chi connectivity index (χ3n) is 2.98. The summed E-state index contributed by atoms with van der Waals surface area (Å²) in [5.41, 5.74) is 0.725. The van der Waals surface area contributed by atoms with Gasteiger partial charge in [-0.15, -0.1) is 0 Å². The molecular formula is C12H15ClN2O2. The highest BCUT2D eigenvalue weighted by atomic mass is 35.5. The number of carbonyl (C=O) groups is 1. The van der Waals surface area contributed by atoms with Crippen LogP contribution >= 0.6 is 11.6 Å². The molecule has 0 aromatic heterocycles. The minimum Gasteiger partial charge on any atom is -0.391 e. The van der Waals surface area contributed by atoms with Gasteiger partial charge in [-0.05, 0) is 31.2 Å². The molecule has 2 atom stereocenters. The van der Waals surface area contributed by atoms with Gasteiger partial charge in [-0.25, -0.2) is 0 Å². The average molecular weight is 255 g/mol. The second-order valence-electron chi connectivity index (χ2n) is 4.16. The van der Waals surface area contributed by atoms with Crippen molar-refractivity contribution in [3.05, 3.63) is 29.3 Å². The molecule has 0 aliphatic carbocycles. The summed E-state index contributed by atoms with van der Waals surface area (Å²) in [5.74, 6) is -0.141. The zero-order valence-electron chi connectivity index (χ0n) is 9.56. The van der Waals surface area contributed by atoms with Crippen LogP contribution in [0.5, 0.6) is 0 Å². The summed E-state index contributed by atoms with van der Waals surface area (Å²) in [6.45, 7) is 0.668. The highest BCUT2D eigenvalue weighted by Crippen LogP contribution is 2.20. The smallest absolute Gasteiger partial charge is 0.246 e. The molecule has 4 nitrogen and oxygen atoms in total. The molecule has 17 heavy (non-hydrogen) atoms. The fourth-order valence-electron chi connectivity index (χ4n) is 1.96. The minimum atomic E-state index is -0.607. The van der Waals surface area contributed by atoms with E-state index in [2.05, 4.69) is 5.32 Å². The van der Waals surface area contributed by atoms with E-state index in [0.29, 0.717) is 18.0 Å². The first-order valence-corrected chi connectivity index (χ1v) is 5.92. The Bertz CT molecular complexity index is 425. The van der Waals surface area contributed by atoms with Crippen molar-refractivity contribution in [2.24, 2.45) is 0 Å². The van der Waals surface area contributed by atoms with E-state index in [4.69, 9.17) is 11.6 Å². The molecule has 2 rings (SSSR count). The Morgan fingerprint density at radius 2 is 2.35 bits per heavy atom. The van der Waals surface area contributed by atoms with Crippen molar-refractivity contribution in [2.75, 3.05) is 18.5 Å². The summed E-state index contributed by atoms with van der Waals surface area (Å²) in [5, 5.41) is 13.3. The Hall–Kier alpha value is -1.10. The molecule has 0 radical (unpaired) electrons. The number of hydrogen-bond donors (Lipinski definition) is 2. The van der Waals surface area contributed by atoms with Gasteiger partial charge in [0.15, 0.2) is 0 Å². The van der Waals surface area contributed by atoms with Gasteiger partial charge in [0.05, 0.1) is 6.10 Å². The van der Waals surface area contributed by atoms with Crippen molar-refractivity contribution in [2.45, 2.75) is 18.6 Å². The molecule has 0 spiro atoms. The molecule has 0 unspecified atom stereocenters. The van der Waals surface area contributed by atoms with Crippen LogP contribution in [0.2, 0.25) is 5.02 Å². The summed E-state index contributed by atoms with van der Waals surface area (Å²) < 4.78 is 0. The number of rotatable bonds is 2. The molecular weight excluding hydrogens is 240 g/mol. The first-order chi connectivity index (χ1) is 8.09. The lowest BCUT2D eigenvalue weighted by Gasteiger charge is -2.23. The number of likely N-dealkylation sites (N-methyl/N-ethyl adjacent to an activating group) is 1. The maximum Gasteiger partial charge on any atom is 0.246 e. The topological polar surface area (TPSA) is 52.6 Å². The van der Waals surface area contributed by atoms with Crippen molar-refractivity contribution in [1.29, 1.82) is 0 Å². The Morgan fingerprint density at radius 1 is 1.59 bits per heavy atom. The monoisotopic (exact) mass is 254 g/mol. The van der Waals surface area contributed by atoms with Crippen molar-refractivity contribution in [1.82, 2.24) is 5.32 Å². The first-order valence-electron chi connectivity index (χ1n) is 5.54. The average Bonchev–Trinajstić information content (AvgIpc) is 2.73. The Balaban J connectivity index is 2.14. The van der Waals surface area contributed by atoms with Gasteiger partial charge >= 0.3 is 0 Å². The van der Waals surface area contributed by atoms with Gasteiger partial charge in [0, 0.05) is 17.8 Å². The van der Waals surface area contributed by atoms with E-state index in [-0.39, 0.29) is 5.91 Å². The van der Waals surface area contributed by atoms with Crippen LogP contribution in [0, 0.1) is 0 Å². The van der Waals surface area contributed by atoms with Crippen LogP contribution < -0.4 is 10.2 Å². The van der Waals surface area contributed by atoms with Gasteiger partial charge in [0.25, 0.3) is 0 Å². The van der Waals surface area contributed by atoms with E-state index in [9.17, 15) is 9.90 Å². The van der Waals surface area contributed by atoms with Gasteiger partial charge in [0.1, 0.15) is 6.04 Å². The van der Waals surface area contributed by atoms with Crippen LogP contribution in [0.3, 0.4) is 0 Å². The van der Waals surface area contributed by atoms with E-state index in [0.717, 1.165) is 5.69 Å². The fourth-order valence-corrected chi connectivity index (χ4v) is 2.15. The molecule has 2 N–H and O–H groups in total. The van der Waals surface area contributed by atoms with Gasteiger partial charge in [-0.3, -0.25) is 4.79 Å². The molecule has 1 aliphatic heterocycles. The number of nitrogens with zero attached hydrogens (tertiary/aromatic N) is 1. The standard InChI is InChI=1S/C12H15ClN2O2/c1-15(9-4-2-3-8(13)7-9)12(17)11-10(16)5-6-14-11/h2-4,7,10-11,14,16H,5-6H2,1H3/t10-,11-/m0/s1. The van der Waals surface area contributed by atoms with Crippen molar-refractivity contribution >= 4 is 23.2 Å². The second-order valence-corrected chi connectivity index (χ2v) is 4.60. The number of anilines is 1. The predicted molar refractivity (Wildman–Crippen MR) is 67.3 cm³/mol. The van der Waals surface area contributed by atoms with Gasteiger partial charge in [0.2, 0.25) is 5.91 Å². The Kier molecular flexibility index (Phi) is 3.66. The number of benzene rings is 1. The molecule has 1 aliphatic rings. The van der Waals surface area contributed by atoms with Crippen LogP contribution in [0.25, 0.3) is 0 Å². The van der Waals surface area contributed by atoms with Crippen LogP contribution in [-0.4, -0.2) is 36.8 Å². The number of aliphatic hydroxyl groups excluding tert-OH is 1. The second kappa shape index (κ2) is 5.04. The van der Waals surface area contributed by atoms with E-state index < -0.39 is 12.1 Å². The fraction of sp³-hybridized carbons (Fsp3) is 0.417. The molecule has 92 valence electrons. The summed E-state index contributed by atoms with van der Waals surface area (Å²) >= 11 is 5.88. The molecule has 1 aromatic carbocycles. The molecule has 0 bridgehead atoms. The van der Waals surface area contributed by atoms with Crippen molar-refractivity contribution in [3.8, 4) is 0 Å². The lowest BCUT2D eigenvalue weighted by Crippen LogP contribution is -2.46. The molecule has 0 saturated carbocycles. The molecule has 1 amide bonds. The molecule has 5 heteroatoms. The Morgan fingerprint density at radius 3 is 2.94 bits per heavy atom. The quantitative estimate of drug-likeness (QED) is 0.829. The van der Waals surface area contributed by atoms with E-state index in [1.165, 1.54) is 4.90 Å². The van der Waals surface area contributed by atoms with Gasteiger partial charge in [-0.1, -0.05) is 17.7 Å². The maximum atomic E-state index is 12.1. The SMILES string of the molecule is CN(C(=O)[C@H]1NCC[C@@H]1O)c1cccc(Cl)c1. The van der Waals surface area contributed by atoms with E-state index >= 15 is 0 Å². The third-order valence-corrected chi connectivity index (χ3v) is 3.22. The zero-order chi connectivity index (χ0) is 12.4. The third kappa shape index (κ3) is 2.60. The van der Waals surface area contributed by atoms with Crippen molar-refractivity contribution in [3.63, 3.8) is 0 Å². The maximum absolute atomic E-state index is 12.1. The van der Waals surface area contributed by atoms with Gasteiger partial charge in [-0.2, -0.15) is 0 Å². The highest BCUT2D eigenvalue weighted by molar-refractivity contribution is 6.30. The minimum absolute atomic E-state index is 0.141. The number of carbonyl (C=O) groups excluding carboxylic acids is 1. The van der Waals surface area contributed by atoms with Gasteiger partial charge < -0.3 is 15.3 Å². The summed E-state index contributed by atoms with van der Waals surface area (Å²) in [6.07, 6.45) is 0.00362. The summed E-state index contributed by atoms with van der Waals surface area (Å²) in [6, 6.07) is 6.57. The highest BCUT2D eigenvalue weighted by Gasteiger charge is 2.33. The summed E-state index contributed by atoms with van der Waals surface area (Å²) in [4.78, 5) is 13.6. The first kappa shape index (κ1) is 12.4. The Labute approximate surface area is 105 Å². The predicted octanol–water partition coefficient (Wildman–Crippen LogP) is 1.03. The number of hydrogen-bond acceptors (Lipinski definition) is 3.